The molecule has 0 saturated heterocycles. The van der Waals surface area contributed by atoms with Crippen LogP contribution in [0.3, 0.4) is 0 Å². The molecule has 2 N–H and O–H groups in total. The number of nitrogens with one attached hydrogen (secondary N) is 1. The number of hydrogen-bond donors (Lipinski definition) is 2. The lowest BCUT2D eigenvalue weighted by Crippen LogP contribution is -2.46. The SMILES string of the molecule is CC(C)(CO)NC(=O)c1ccc(-c2cccc(C(F)(F)F)c2)o1. The van der Waals surface area contributed by atoms with Gasteiger partial charge in [0.2, 0.25) is 0 Å². The maximum Gasteiger partial charge on any atom is 0.416 e. The number of furan rings is 1. The van der Waals surface area contributed by atoms with Crippen molar-refractivity contribution in [3.8, 4) is 11.3 Å². The fourth-order valence-corrected chi connectivity index (χ4v) is 1.87. The summed E-state index contributed by atoms with van der Waals surface area (Å²) in [5, 5.41) is 11.7. The fourth-order valence-electron chi connectivity index (χ4n) is 1.87. The second kappa shape index (κ2) is 6.08. The summed E-state index contributed by atoms with van der Waals surface area (Å²) < 4.78 is 43.5. The van der Waals surface area contributed by atoms with Gasteiger partial charge in [-0.15, -0.1) is 0 Å². The number of carbonyl (C=O) groups excluding carboxylic acids is 1. The molecule has 1 aromatic heterocycles. The second-order valence-electron chi connectivity index (χ2n) is 5.74. The average Bonchev–Trinajstić information content (AvgIpc) is 2.96. The third-order valence-corrected chi connectivity index (χ3v) is 3.15. The minimum atomic E-state index is -4.45. The highest BCUT2D eigenvalue weighted by Gasteiger charge is 2.30. The minimum Gasteiger partial charge on any atom is -0.451 e. The Morgan fingerprint density at radius 2 is 1.91 bits per heavy atom. The third kappa shape index (κ3) is 4.13. The van der Waals surface area contributed by atoms with E-state index in [-0.39, 0.29) is 23.7 Å². The summed E-state index contributed by atoms with van der Waals surface area (Å²) in [5.74, 6) is -0.440. The molecule has 1 heterocycles. The van der Waals surface area contributed by atoms with Crippen LogP contribution in [-0.2, 0) is 6.18 Å². The molecular formula is C16H16F3NO3. The van der Waals surface area contributed by atoms with Crippen LogP contribution in [0.2, 0.25) is 0 Å². The molecule has 0 bridgehead atoms. The lowest BCUT2D eigenvalue weighted by atomic mass is 10.1. The molecule has 0 saturated carbocycles. The van der Waals surface area contributed by atoms with Gasteiger partial charge in [0.15, 0.2) is 5.76 Å². The number of halogens is 3. The van der Waals surface area contributed by atoms with E-state index in [1.165, 1.54) is 24.3 Å². The standard InChI is InChI=1S/C16H16F3NO3/c1-15(2,9-21)20-14(22)13-7-6-12(23-13)10-4-3-5-11(8-10)16(17,18)19/h3-8,21H,9H2,1-2H3,(H,20,22). The number of rotatable bonds is 4. The van der Waals surface area contributed by atoms with Crippen molar-refractivity contribution in [2.75, 3.05) is 6.61 Å². The summed E-state index contributed by atoms with van der Waals surface area (Å²) in [7, 11) is 0. The van der Waals surface area contributed by atoms with Gasteiger partial charge in [0.05, 0.1) is 17.7 Å². The predicted octanol–water partition coefficient (Wildman–Crippen LogP) is 3.47. The molecular weight excluding hydrogens is 311 g/mol. The highest BCUT2D eigenvalue weighted by molar-refractivity contribution is 5.92. The van der Waals surface area contributed by atoms with Crippen LogP contribution in [0.4, 0.5) is 13.2 Å². The first-order chi connectivity index (χ1) is 10.6. The molecule has 0 radical (unpaired) electrons. The highest BCUT2D eigenvalue weighted by Crippen LogP contribution is 2.32. The Balaban J connectivity index is 2.24. The predicted molar refractivity (Wildman–Crippen MR) is 77.8 cm³/mol. The topological polar surface area (TPSA) is 62.5 Å². The van der Waals surface area contributed by atoms with Crippen LogP contribution in [0, 0.1) is 0 Å². The van der Waals surface area contributed by atoms with E-state index in [0.717, 1.165) is 12.1 Å². The number of hydrogen-bond acceptors (Lipinski definition) is 3. The highest BCUT2D eigenvalue weighted by atomic mass is 19.4. The molecule has 1 aromatic carbocycles. The molecule has 0 spiro atoms. The molecule has 124 valence electrons. The van der Waals surface area contributed by atoms with Crippen LogP contribution in [0.5, 0.6) is 0 Å². The van der Waals surface area contributed by atoms with Crippen molar-refractivity contribution in [3.05, 3.63) is 47.7 Å². The van der Waals surface area contributed by atoms with E-state index in [9.17, 15) is 18.0 Å². The van der Waals surface area contributed by atoms with Crippen molar-refractivity contribution < 1.29 is 27.5 Å². The second-order valence-corrected chi connectivity index (χ2v) is 5.74. The zero-order chi connectivity index (χ0) is 17.3. The molecule has 0 aliphatic rings. The first-order valence-electron chi connectivity index (χ1n) is 6.83. The third-order valence-electron chi connectivity index (χ3n) is 3.15. The van der Waals surface area contributed by atoms with Crippen LogP contribution >= 0.6 is 0 Å². The molecule has 0 unspecified atom stereocenters. The van der Waals surface area contributed by atoms with E-state index in [2.05, 4.69) is 5.32 Å². The van der Waals surface area contributed by atoms with Crippen molar-refractivity contribution in [1.29, 1.82) is 0 Å². The molecule has 2 aromatic rings. The van der Waals surface area contributed by atoms with Crippen LogP contribution in [-0.4, -0.2) is 23.2 Å². The van der Waals surface area contributed by atoms with E-state index >= 15 is 0 Å². The molecule has 1 amide bonds. The van der Waals surface area contributed by atoms with Gasteiger partial charge in [-0.05, 0) is 38.1 Å². The number of aliphatic hydroxyl groups is 1. The maximum atomic E-state index is 12.7. The number of amides is 1. The molecule has 0 atom stereocenters. The summed E-state index contributed by atoms with van der Waals surface area (Å²) in [6.07, 6.45) is -4.45. The van der Waals surface area contributed by atoms with Gasteiger partial charge in [-0.25, -0.2) is 0 Å². The van der Waals surface area contributed by atoms with E-state index in [0.29, 0.717) is 0 Å². The summed E-state index contributed by atoms with van der Waals surface area (Å²) in [6, 6.07) is 7.46. The number of benzene rings is 1. The normalized spacial score (nSPS) is 12.3. The molecule has 23 heavy (non-hydrogen) atoms. The largest absolute Gasteiger partial charge is 0.451 e. The minimum absolute atomic E-state index is 0.0427. The molecule has 4 nitrogen and oxygen atoms in total. The molecule has 0 aliphatic heterocycles. The lowest BCUT2D eigenvalue weighted by molar-refractivity contribution is -0.137. The van der Waals surface area contributed by atoms with Crippen molar-refractivity contribution >= 4 is 5.91 Å². The molecule has 7 heteroatoms. The van der Waals surface area contributed by atoms with Gasteiger partial charge in [0, 0.05) is 5.56 Å². The van der Waals surface area contributed by atoms with E-state index in [4.69, 9.17) is 9.52 Å². The monoisotopic (exact) mass is 327 g/mol. The Labute approximate surface area is 130 Å². The first kappa shape index (κ1) is 17.1. The zero-order valence-electron chi connectivity index (χ0n) is 12.6. The Morgan fingerprint density at radius 1 is 1.22 bits per heavy atom. The average molecular weight is 327 g/mol. The smallest absolute Gasteiger partial charge is 0.416 e. The molecule has 2 rings (SSSR count). The number of alkyl halides is 3. The molecule has 0 fully saturated rings. The summed E-state index contributed by atoms with van der Waals surface area (Å²) in [4.78, 5) is 12.0. The van der Waals surface area contributed by atoms with E-state index in [1.54, 1.807) is 13.8 Å². The fraction of sp³-hybridized carbons (Fsp3) is 0.312. The van der Waals surface area contributed by atoms with Crippen LogP contribution < -0.4 is 5.32 Å². The van der Waals surface area contributed by atoms with Gasteiger partial charge >= 0.3 is 6.18 Å². The summed E-state index contributed by atoms with van der Waals surface area (Å²) in [5.41, 5.74) is -1.40. The van der Waals surface area contributed by atoms with E-state index in [1.807, 2.05) is 0 Å². The van der Waals surface area contributed by atoms with Crippen LogP contribution in [0.25, 0.3) is 11.3 Å². The lowest BCUT2D eigenvalue weighted by Gasteiger charge is -2.22. The van der Waals surface area contributed by atoms with Gasteiger partial charge in [-0.3, -0.25) is 4.79 Å². The molecule has 0 aliphatic carbocycles. The van der Waals surface area contributed by atoms with Crippen molar-refractivity contribution in [2.45, 2.75) is 25.6 Å². The van der Waals surface area contributed by atoms with Gasteiger partial charge in [-0.2, -0.15) is 13.2 Å². The summed E-state index contributed by atoms with van der Waals surface area (Å²) in [6.45, 7) is 2.99. The first-order valence-corrected chi connectivity index (χ1v) is 6.83. The zero-order valence-corrected chi connectivity index (χ0v) is 12.6. The number of carbonyl (C=O) groups is 1. The van der Waals surface area contributed by atoms with Gasteiger partial charge in [0.1, 0.15) is 5.76 Å². The van der Waals surface area contributed by atoms with Crippen LogP contribution in [0.15, 0.2) is 40.8 Å². The van der Waals surface area contributed by atoms with Gasteiger partial charge in [0.25, 0.3) is 5.91 Å². The van der Waals surface area contributed by atoms with Gasteiger partial charge in [-0.1, -0.05) is 12.1 Å². The van der Waals surface area contributed by atoms with Gasteiger partial charge < -0.3 is 14.8 Å². The summed E-state index contributed by atoms with van der Waals surface area (Å²) >= 11 is 0. The quantitative estimate of drug-likeness (QED) is 0.904. The Morgan fingerprint density at radius 3 is 2.52 bits per heavy atom. The van der Waals surface area contributed by atoms with Crippen LogP contribution in [0.1, 0.15) is 30.0 Å². The van der Waals surface area contributed by atoms with E-state index < -0.39 is 23.2 Å². The Hall–Kier alpha value is -2.28. The maximum absolute atomic E-state index is 12.7. The van der Waals surface area contributed by atoms with Crippen molar-refractivity contribution in [2.24, 2.45) is 0 Å². The van der Waals surface area contributed by atoms with Crippen molar-refractivity contribution in [1.82, 2.24) is 5.32 Å². The Kier molecular flexibility index (Phi) is 4.51. The Bertz CT molecular complexity index is 705. The number of aliphatic hydroxyl groups excluding tert-OH is 1. The van der Waals surface area contributed by atoms with Crippen molar-refractivity contribution in [3.63, 3.8) is 0 Å².